The fraction of sp³-hybridized carbons (Fsp3) is 0.565. The zero-order valence-electron chi connectivity index (χ0n) is 20.4. The van der Waals surface area contributed by atoms with Gasteiger partial charge in [-0.25, -0.2) is 15.0 Å². The van der Waals surface area contributed by atoms with Crippen LogP contribution in [0, 0.1) is 0 Å². The minimum absolute atomic E-state index is 0.213. The highest BCUT2D eigenvalue weighted by Gasteiger charge is 2.21. The average molecular weight is 467 g/mol. The minimum Gasteiger partial charge on any atom is -0.367 e. The molecule has 3 aromatic heterocycles. The Bertz CT molecular complexity index is 1090. The summed E-state index contributed by atoms with van der Waals surface area (Å²) < 4.78 is 1.97. The highest BCUT2D eigenvalue weighted by atomic mass is 16.2. The van der Waals surface area contributed by atoms with E-state index in [2.05, 4.69) is 63.2 Å². The summed E-state index contributed by atoms with van der Waals surface area (Å²) in [5.41, 5.74) is 1.40. The molecular formula is C23H34N10O. The molecule has 4 rings (SSSR count). The van der Waals surface area contributed by atoms with Gasteiger partial charge in [0.05, 0.1) is 6.33 Å². The van der Waals surface area contributed by atoms with Crippen molar-refractivity contribution in [2.24, 2.45) is 0 Å². The van der Waals surface area contributed by atoms with E-state index in [0.717, 1.165) is 26.1 Å². The predicted octanol–water partition coefficient (Wildman–Crippen LogP) is 2.51. The molecule has 0 atom stereocenters. The summed E-state index contributed by atoms with van der Waals surface area (Å²) >= 11 is 0. The number of imidazole rings is 1. The molecule has 0 aliphatic carbocycles. The highest BCUT2D eigenvalue weighted by molar-refractivity contribution is 5.84. The molecule has 11 nitrogen and oxygen atoms in total. The molecule has 182 valence electrons. The zero-order valence-corrected chi connectivity index (χ0v) is 20.4. The van der Waals surface area contributed by atoms with E-state index in [1.807, 2.05) is 9.47 Å². The number of aromatic nitrogens is 6. The fourth-order valence-corrected chi connectivity index (χ4v) is 4.34. The van der Waals surface area contributed by atoms with Crippen LogP contribution in [0.5, 0.6) is 0 Å². The van der Waals surface area contributed by atoms with Gasteiger partial charge in [-0.15, -0.1) is 0 Å². The van der Waals surface area contributed by atoms with Gasteiger partial charge < -0.3 is 14.8 Å². The maximum atomic E-state index is 12.0. The van der Waals surface area contributed by atoms with Gasteiger partial charge in [0, 0.05) is 63.6 Å². The van der Waals surface area contributed by atoms with Gasteiger partial charge in [0.15, 0.2) is 17.0 Å². The van der Waals surface area contributed by atoms with Crippen molar-refractivity contribution >= 4 is 34.8 Å². The Morgan fingerprint density at radius 2 is 1.79 bits per heavy atom. The molecule has 11 heteroatoms. The largest absolute Gasteiger partial charge is 0.367 e. The van der Waals surface area contributed by atoms with Gasteiger partial charge in [-0.2, -0.15) is 9.97 Å². The summed E-state index contributed by atoms with van der Waals surface area (Å²) in [4.78, 5) is 38.7. The van der Waals surface area contributed by atoms with Crippen molar-refractivity contribution in [3.8, 4) is 0 Å². The van der Waals surface area contributed by atoms with Crippen LogP contribution < -0.4 is 10.6 Å². The fourth-order valence-electron chi connectivity index (χ4n) is 4.34. The van der Waals surface area contributed by atoms with Crippen LogP contribution in [-0.2, 0) is 11.3 Å². The second-order valence-corrected chi connectivity index (χ2v) is 9.04. The van der Waals surface area contributed by atoms with E-state index in [1.54, 1.807) is 24.8 Å². The van der Waals surface area contributed by atoms with Gasteiger partial charge in [-0.1, -0.05) is 0 Å². The third-order valence-electron chi connectivity index (χ3n) is 6.02. The molecule has 1 fully saturated rings. The van der Waals surface area contributed by atoms with Crippen LogP contribution in [0.15, 0.2) is 24.8 Å². The number of rotatable bonds is 11. The van der Waals surface area contributed by atoms with E-state index in [-0.39, 0.29) is 5.91 Å². The standard InChI is InChI=1S/C23H34N10O/c1-16(2)33(17(3)4)12-10-24-20-19-21(29-23(28-20)30-22-25-8-6-9-26-22)32(15-27-19)14-13-31-11-5-7-18(31)34/h6,8-9,15-17H,5,7,10-14H2,1-4H3,(H2,24,25,26,28,29,30). The normalized spacial score (nSPS) is 14.2. The third-order valence-corrected chi connectivity index (χ3v) is 6.02. The van der Waals surface area contributed by atoms with Crippen LogP contribution in [0.4, 0.5) is 17.7 Å². The first kappa shape index (κ1) is 23.8. The smallest absolute Gasteiger partial charge is 0.233 e. The molecule has 0 saturated carbocycles. The molecule has 2 N–H and O–H groups in total. The molecule has 0 aromatic carbocycles. The minimum atomic E-state index is 0.213. The van der Waals surface area contributed by atoms with Crippen LogP contribution in [0.2, 0.25) is 0 Å². The van der Waals surface area contributed by atoms with E-state index in [9.17, 15) is 4.79 Å². The van der Waals surface area contributed by atoms with Crippen LogP contribution in [0.25, 0.3) is 11.2 Å². The molecule has 1 saturated heterocycles. The lowest BCUT2D eigenvalue weighted by atomic mass is 10.2. The second kappa shape index (κ2) is 10.7. The van der Waals surface area contributed by atoms with E-state index in [4.69, 9.17) is 4.98 Å². The summed E-state index contributed by atoms with van der Waals surface area (Å²) in [6, 6.07) is 2.66. The molecular weight excluding hydrogens is 432 g/mol. The second-order valence-electron chi connectivity index (χ2n) is 9.04. The monoisotopic (exact) mass is 466 g/mol. The van der Waals surface area contributed by atoms with Crippen molar-refractivity contribution in [3.05, 3.63) is 24.8 Å². The Morgan fingerprint density at radius 3 is 2.47 bits per heavy atom. The van der Waals surface area contributed by atoms with Gasteiger partial charge in [-0.05, 0) is 40.2 Å². The lowest BCUT2D eigenvalue weighted by Crippen LogP contribution is -2.40. The van der Waals surface area contributed by atoms with Crippen molar-refractivity contribution in [1.82, 2.24) is 39.3 Å². The lowest BCUT2D eigenvalue weighted by molar-refractivity contribution is -0.127. The molecule has 4 heterocycles. The molecule has 1 aliphatic heterocycles. The first-order chi connectivity index (χ1) is 16.4. The third kappa shape index (κ3) is 5.58. The topological polar surface area (TPSA) is 117 Å². The number of hydrogen-bond donors (Lipinski definition) is 2. The summed E-state index contributed by atoms with van der Waals surface area (Å²) in [5.74, 6) is 1.69. The number of carbonyl (C=O) groups excluding carboxylic acids is 1. The highest BCUT2D eigenvalue weighted by Crippen LogP contribution is 2.22. The first-order valence-electron chi connectivity index (χ1n) is 12.0. The van der Waals surface area contributed by atoms with E-state index in [0.29, 0.717) is 60.5 Å². The van der Waals surface area contributed by atoms with E-state index >= 15 is 0 Å². The number of nitrogens with one attached hydrogen (secondary N) is 2. The zero-order chi connectivity index (χ0) is 24.1. The quantitative estimate of drug-likeness (QED) is 0.439. The van der Waals surface area contributed by atoms with Crippen molar-refractivity contribution in [2.75, 3.05) is 36.8 Å². The Balaban J connectivity index is 1.57. The molecule has 1 amide bonds. The average Bonchev–Trinajstić information content (AvgIpc) is 3.41. The number of hydrogen-bond acceptors (Lipinski definition) is 9. The van der Waals surface area contributed by atoms with Gasteiger partial charge in [0.25, 0.3) is 0 Å². The summed E-state index contributed by atoms with van der Waals surface area (Å²) in [6.45, 7) is 12.5. The predicted molar refractivity (Wildman–Crippen MR) is 132 cm³/mol. The van der Waals surface area contributed by atoms with E-state index < -0.39 is 0 Å². The van der Waals surface area contributed by atoms with Gasteiger partial charge in [0.1, 0.15) is 0 Å². The van der Waals surface area contributed by atoms with Gasteiger partial charge >= 0.3 is 0 Å². The number of amides is 1. The van der Waals surface area contributed by atoms with Crippen LogP contribution in [0.1, 0.15) is 40.5 Å². The molecule has 34 heavy (non-hydrogen) atoms. The summed E-state index contributed by atoms with van der Waals surface area (Å²) in [7, 11) is 0. The van der Waals surface area contributed by atoms with Gasteiger partial charge in [0.2, 0.25) is 17.8 Å². The Labute approximate surface area is 200 Å². The van der Waals surface area contributed by atoms with E-state index in [1.165, 1.54) is 0 Å². The first-order valence-corrected chi connectivity index (χ1v) is 12.0. The summed E-state index contributed by atoms with van der Waals surface area (Å²) in [5, 5.41) is 6.55. The van der Waals surface area contributed by atoms with Crippen LogP contribution >= 0.6 is 0 Å². The Morgan fingerprint density at radius 1 is 1.03 bits per heavy atom. The maximum Gasteiger partial charge on any atom is 0.233 e. The molecule has 0 spiro atoms. The van der Waals surface area contributed by atoms with Crippen molar-refractivity contribution in [1.29, 1.82) is 0 Å². The number of fused-ring (bicyclic) bond motifs is 1. The molecule has 0 radical (unpaired) electrons. The van der Waals surface area contributed by atoms with Gasteiger partial charge in [-0.3, -0.25) is 15.0 Å². The SMILES string of the molecule is CC(C)N(CCNc1nc(Nc2ncccn2)nc2c1ncn2CCN1CCCC1=O)C(C)C. The van der Waals surface area contributed by atoms with Crippen molar-refractivity contribution < 1.29 is 4.79 Å². The van der Waals surface area contributed by atoms with Crippen LogP contribution in [-0.4, -0.2) is 83.5 Å². The number of nitrogens with zero attached hydrogens (tertiary/aromatic N) is 8. The maximum absolute atomic E-state index is 12.0. The molecule has 3 aromatic rings. The number of carbonyl (C=O) groups is 1. The summed E-state index contributed by atoms with van der Waals surface area (Å²) in [6.07, 6.45) is 6.65. The Hall–Kier alpha value is -3.34. The van der Waals surface area contributed by atoms with Crippen molar-refractivity contribution in [2.45, 2.75) is 59.2 Å². The lowest BCUT2D eigenvalue weighted by Gasteiger charge is -2.30. The van der Waals surface area contributed by atoms with Crippen LogP contribution in [0.3, 0.4) is 0 Å². The molecule has 0 unspecified atom stereocenters. The number of likely N-dealkylation sites (tertiary alicyclic amines) is 1. The Kier molecular flexibility index (Phi) is 7.51. The molecule has 0 bridgehead atoms. The number of anilines is 3. The molecule has 1 aliphatic rings. The van der Waals surface area contributed by atoms with Crippen molar-refractivity contribution in [3.63, 3.8) is 0 Å².